The Kier molecular flexibility index (Phi) is 5.20. The molecule has 0 aliphatic carbocycles. The third kappa shape index (κ3) is 4.08. The smallest absolute Gasteiger partial charge is 0.261 e. The third-order valence-corrected chi connectivity index (χ3v) is 4.88. The van der Waals surface area contributed by atoms with Crippen LogP contribution >= 0.6 is 0 Å². The van der Waals surface area contributed by atoms with Gasteiger partial charge in [0.25, 0.3) is 5.56 Å². The van der Waals surface area contributed by atoms with Crippen LogP contribution in [0.4, 0.5) is 0 Å². The van der Waals surface area contributed by atoms with Gasteiger partial charge in [-0.3, -0.25) is 14.2 Å². The molecular weight excluding hydrogens is 366 g/mol. The maximum absolute atomic E-state index is 12.7. The Morgan fingerprint density at radius 2 is 1.90 bits per heavy atom. The second kappa shape index (κ2) is 8.10. The lowest BCUT2D eigenvalue weighted by atomic mass is 10.1. The number of aromatic nitrogens is 4. The standard InChI is InChI=1S/C22H21N5O2/c1-16-5-4-8-19-21(16)25-15-27(22(19)29)13-20(28)24-11-17-6-2-3-7-18(17)12-26-10-9-23-14-26/h2-10,14-15H,11-13H2,1H3,(H,24,28). The minimum atomic E-state index is -0.238. The molecule has 0 bridgehead atoms. The van der Waals surface area contributed by atoms with E-state index in [1.54, 1.807) is 18.6 Å². The number of hydrogen-bond donors (Lipinski definition) is 1. The molecule has 7 heteroatoms. The summed E-state index contributed by atoms with van der Waals surface area (Å²) in [6.45, 7) is 2.91. The van der Waals surface area contributed by atoms with Gasteiger partial charge in [0.2, 0.25) is 5.91 Å². The van der Waals surface area contributed by atoms with E-state index in [0.29, 0.717) is 24.0 Å². The van der Waals surface area contributed by atoms with Crippen molar-refractivity contribution in [3.63, 3.8) is 0 Å². The highest BCUT2D eigenvalue weighted by Crippen LogP contribution is 2.12. The number of carbonyl (C=O) groups excluding carboxylic acids is 1. The van der Waals surface area contributed by atoms with E-state index in [4.69, 9.17) is 0 Å². The van der Waals surface area contributed by atoms with E-state index in [-0.39, 0.29) is 18.0 Å². The Morgan fingerprint density at radius 1 is 1.07 bits per heavy atom. The van der Waals surface area contributed by atoms with Crippen LogP contribution in [0.2, 0.25) is 0 Å². The molecule has 0 aliphatic heterocycles. The molecule has 0 fully saturated rings. The molecule has 1 amide bonds. The van der Waals surface area contributed by atoms with Crippen LogP contribution in [-0.2, 0) is 24.4 Å². The van der Waals surface area contributed by atoms with Gasteiger partial charge >= 0.3 is 0 Å². The monoisotopic (exact) mass is 387 g/mol. The van der Waals surface area contributed by atoms with Crippen molar-refractivity contribution in [2.24, 2.45) is 0 Å². The number of imidazole rings is 1. The van der Waals surface area contributed by atoms with Gasteiger partial charge in [0.1, 0.15) is 6.54 Å². The molecule has 0 saturated heterocycles. The number of amides is 1. The van der Waals surface area contributed by atoms with E-state index in [9.17, 15) is 9.59 Å². The number of rotatable bonds is 6. The largest absolute Gasteiger partial charge is 0.350 e. The molecule has 2 aromatic heterocycles. The number of benzene rings is 2. The minimum Gasteiger partial charge on any atom is -0.350 e. The van der Waals surface area contributed by atoms with E-state index in [1.807, 2.05) is 54.1 Å². The summed E-state index contributed by atoms with van der Waals surface area (Å²) in [5.74, 6) is -0.238. The summed E-state index contributed by atoms with van der Waals surface area (Å²) in [5.41, 5.74) is 3.52. The van der Waals surface area contributed by atoms with Crippen LogP contribution in [0.25, 0.3) is 10.9 Å². The fourth-order valence-electron chi connectivity index (χ4n) is 3.32. The molecule has 0 aliphatic rings. The lowest BCUT2D eigenvalue weighted by molar-refractivity contribution is -0.121. The molecule has 0 unspecified atom stereocenters. The second-order valence-corrected chi connectivity index (χ2v) is 6.93. The summed E-state index contributed by atoms with van der Waals surface area (Å²) in [5, 5.41) is 3.42. The molecular formula is C22H21N5O2. The summed E-state index contributed by atoms with van der Waals surface area (Å²) >= 11 is 0. The van der Waals surface area contributed by atoms with Crippen molar-refractivity contribution in [3.05, 3.63) is 94.6 Å². The predicted octanol–water partition coefficient (Wildman–Crippen LogP) is 2.27. The van der Waals surface area contributed by atoms with Gasteiger partial charge in [-0.15, -0.1) is 0 Å². The quantitative estimate of drug-likeness (QED) is 0.550. The van der Waals surface area contributed by atoms with Crippen LogP contribution in [0.5, 0.6) is 0 Å². The van der Waals surface area contributed by atoms with Gasteiger partial charge in [-0.05, 0) is 29.7 Å². The highest BCUT2D eigenvalue weighted by molar-refractivity contribution is 5.81. The van der Waals surface area contributed by atoms with Gasteiger partial charge < -0.3 is 9.88 Å². The topological polar surface area (TPSA) is 81.8 Å². The first-order valence-electron chi connectivity index (χ1n) is 9.36. The second-order valence-electron chi connectivity index (χ2n) is 6.93. The first kappa shape index (κ1) is 18.6. The number of para-hydroxylation sites is 1. The molecule has 0 radical (unpaired) electrons. The third-order valence-electron chi connectivity index (χ3n) is 4.88. The molecule has 7 nitrogen and oxygen atoms in total. The van der Waals surface area contributed by atoms with Crippen molar-refractivity contribution in [1.82, 2.24) is 24.4 Å². The molecule has 0 saturated carbocycles. The molecule has 1 N–H and O–H groups in total. The molecule has 0 atom stereocenters. The lowest BCUT2D eigenvalue weighted by Gasteiger charge is -2.12. The maximum Gasteiger partial charge on any atom is 0.261 e. The Bertz CT molecular complexity index is 1210. The number of aryl methyl sites for hydroxylation is 1. The van der Waals surface area contributed by atoms with E-state index in [2.05, 4.69) is 15.3 Å². The SMILES string of the molecule is Cc1cccc2c(=O)n(CC(=O)NCc3ccccc3Cn3ccnc3)cnc12. The van der Waals surface area contributed by atoms with E-state index in [0.717, 1.165) is 16.7 Å². The lowest BCUT2D eigenvalue weighted by Crippen LogP contribution is -2.32. The number of nitrogens with one attached hydrogen (secondary N) is 1. The van der Waals surface area contributed by atoms with Gasteiger partial charge in [0.15, 0.2) is 0 Å². The normalized spacial score (nSPS) is 10.9. The van der Waals surface area contributed by atoms with Gasteiger partial charge in [-0.1, -0.05) is 36.4 Å². The highest BCUT2D eigenvalue weighted by Gasteiger charge is 2.10. The van der Waals surface area contributed by atoms with Crippen LogP contribution in [-0.4, -0.2) is 25.0 Å². The van der Waals surface area contributed by atoms with Gasteiger partial charge in [0.05, 0.1) is 23.6 Å². The van der Waals surface area contributed by atoms with Crippen molar-refractivity contribution in [3.8, 4) is 0 Å². The fourth-order valence-corrected chi connectivity index (χ4v) is 3.32. The van der Waals surface area contributed by atoms with Crippen LogP contribution in [0.1, 0.15) is 16.7 Å². The molecule has 4 aromatic rings. The molecule has 29 heavy (non-hydrogen) atoms. The number of carbonyl (C=O) groups is 1. The summed E-state index contributed by atoms with van der Waals surface area (Å²) in [7, 11) is 0. The zero-order chi connectivity index (χ0) is 20.2. The summed E-state index contributed by atoms with van der Waals surface area (Å²) in [6.07, 6.45) is 6.83. The summed E-state index contributed by atoms with van der Waals surface area (Å²) in [4.78, 5) is 33.5. The predicted molar refractivity (Wildman–Crippen MR) is 110 cm³/mol. The van der Waals surface area contributed by atoms with E-state index in [1.165, 1.54) is 10.9 Å². The van der Waals surface area contributed by atoms with Gasteiger partial charge in [-0.2, -0.15) is 0 Å². The van der Waals surface area contributed by atoms with E-state index < -0.39 is 0 Å². The van der Waals surface area contributed by atoms with Crippen molar-refractivity contribution < 1.29 is 4.79 Å². The minimum absolute atomic E-state index is 0.0700. The number of nitrogens with zero attached hydrogens (tertiary/aromatic N) is 4. The Balaban J connectivity index is 1.46. The van der Waals surface area contributed by atoms with Crippen molar-refractivity contribution in [2.75, 3.05) is 0 Å². The van der Waals surface area contributed by atoms with Gasteiger partial charge in [0, 0.05) is 25.5 Å². The van der Waals surface area contributed by atoms with Crippen LogP contribution in [0.15, 0.2) is 72.3 Å². The highest BCUT2D eigenvalue weighted by atomic mass is 16.2. The van der Waals surface area contributed by atoms with Crippen molar-refractivity contribution >= 4 is 16.8 Å². The van der Waals surface area contributed by atoms with Crippen LogP contribution in [0, 0.1) is 6.92 Å². The average molecular weight is 387 g/mol. The Hall–Kier alpha value is -3.74. The molecule has 2 aromatic carbocycles. The molecule has 2 heterocycles. The zero-order valence-electron chi connectivity index (χ0n) is 16.1. The van der Waals surface area contributed by atoms with Gasteiger partial charge in [-0.25, -0.2) is 9.97 Å². The molecule has 146 valence electrons. The van der Waals surface area contributed by atoms with Crippen molar-refractivity contribution in [1.29, 1.82) is 0 Å². The Morgan fingerprint density at radius 3 is 2.69 bits per heavy atom. The fraction of sp³-hybridized carbons (Fsp3) is 0.182. The van der Waals surface area contributed by atoms with Crippen molar-refractivity contribution in [2.45, 2.75) is 26.6 Å². The summed E-state index contributed by atoms with van der Waals surface area (Å²) < 4.78 is 3.32. The number of fused-ring (bicyclic) bond motifs is 1. The first-order chi connectivity index (χ1) is 14.1. The Labute approximate surface area is 167 Å². The van der Waals surface area contributed by atoms with E-state index >= 15 is 0 Å². The zero-order valence-corrected chi connectivity index (χ0v) is 16.1. The summed E-state index contributed by atoms with van der Waals surface area (Å²) in [6, 6.07) is 13.4. The number of hydrogen-bond acceptors (Lipinski definition) is 4. The average Bonchev–Trinajstić information content (AvgIpc) is 3.23. The van der Waals surface area contributed by atoms with Crippen LogP contribution in [0.3, 0.4) is 0 Å². The first-order valence-corrected chi connectivity index (χ1v) is 9.36. The van der Waals surface area contributed by atoms with Crippen LogP contribution < -0.4 is 10.9 Å². The molecule has 0 spiro atoms. The molecule has 4 rings (SSSR count). The maximum atomic E-state index is 12.7.